The molecule has 4 nitrogen and oxygen atoms in total. The normalized spacial score (nSPS) is 15.3. The first-order chi connectivity index (χ1) is 10.2. The summed E-state index contributed by atoms with van der Waals surface area (Å²) in [5.41, 5.74) is 1.36. The molecule has 21 heavy (non-hydrogen) atoms. The lowest BCUT2D eigenvalue weighted by atomic mass is 10.1. The van der Waals surface area contributed by atoms with Gasteiger partial charge < -0.3 is 9.26 Å². The topological polar surface area (TPSA) is 52.3 Å². The maximum atomic E-state index is 12.9. The highest BCUT2D eigenvalue weighted by Crippen LogP contribution is 2.26. The van der Waals surface area contributed by atoms with Gasteiger partial charge in [-0.25, -0.2) is 4.39 Å². The summed E-state index contributed by atoms with van der Waals surface area (Å²) in [6, 6.07) is 7.69. The first-order valence-electron chi connectivity index (χ1n) is 7.10. The Kier molecular flexibility index (Phi) is 3.99. The number of halogens is 1. The lowest BCUT2D eigenvalue weighted by Gasteiger charge is -2.07. The van der Waals surface area contributed by atoms with Crippen LogP contribution in [0.25, 0.3) is 11.3 Å². The summed E-state index contributed by atoms with van der Waals surface area (Å²) in [5, 5.41) is 3.90. The van der Waals surface area contributed by atoms with E-state index in [0.717, 1.165) is 31.2 Å². The maximum absolute atomic E-state index is 12.9. The molecule has 5 heteroatoms. The van der Waals surface area contributed by atoms with Gasteiger partial charge in [0.25, 0.3) is 0 Å². The predicted molar refractivity (Wildman–Crippen MR) is 73.7 cm³/mol. The van der Waals surface area contributed by atoms with Crippen molar-refractivity contribution in [1.82, 2.24) is 5.16 Å². The van der Waals surface area contributed by atoms with Crippen molar-refractivity contribution in [3.63, 3.8) is 0 Å². The van der Waals surface area contributed by atoms with Gasteiger partial charge in [-0.3, -0.25) is 4.79 Å². The van der Waals surface area contributed by atoms with E-state index in [0.29, 0.717) is 11.5 Å². The largest absolute Gasteiger partial charge is 0.457 e. The highest BCUT2D eigenvalue weighted by molar-refractivity contribution is 5.72. The van der Waals surface area contributed by atoms with Crippen molar-refractivity contribution < 1.29 is 18.4 Å². The van der Waals surface area contributed by atoms with Crippen molar-refractivity contribution in [1.29, 1.82) is 0 Å². The minimum Gasteiger partial charge on any atom is -0.457 e. The molecule has 1 heterocycles. The van der Waals surface area contributed by atoms with E-state index in [-0.39, 0.29) is 24.3 Å². The average molecular weight is 289 g/mol. The van der Waals surface area contributed by atoms with Gasteiger partial charge in [0.1, 0.15) is 11.5 Å². The Morgan fingerprint density at radius 1 is 1.29 bits per heavy atom. The Bertz CT molecular complexity index is 615. The fourth-order valence-corrected chi connectivity index (χ4v) is 2.56. The zero-order valence-corrected chi connectivity index (χ0v) is 11.5. The monoisotopic (exact) mass is 289 g/mol. The number of ether oxygens (including phenoxy) is 1. The number of rotatable bonds is 4. The fourth-order valence-electron chi connectivity index (χ4n) is 2.56. The van der Waals surface area contributed by atoms with Gasteiger partial charge in [-0.05, 0) is 37.1 Å². The van der Waals surface area contributed by atoms with Crippen LogP contribution in [0.3, 0.4) is 0 Å². The van der Waals surface area contributed by atoms with E-state index in [4.69, 9.17) is 9.26 Å². The zero-order valence-electron chi connectivity index (χ0n) is 11.5. The molecule has 2 aromatic rings. The molecular formula is C16H16FNO3. The maximum Gasteiger partial charge on any atom is 0.309 e. The standard InChI is InChI=1S/C16H16FNO3/c17-13-7-5-11(6-8-13)15-9-14(21-18-15)10-20-16(19)12-3-1-2-4-12/h5-9,12H,1-4,10H2. The number of esters is 1. The van der Waals surface area contributed by atoms with E-state index < -0.39 is 0 Å². The second kappa shape index (κ2) is 6.08. The summed E-state index contributed by atoms with van der Waals surface area (Å²) in [5.74, 6) is 0.0605. The molecular weight excluding hydrogens is 273 g/mol. The van der Waals surface area contributed by atoms with Gasteiger partial charge in [-0.1, -0.05) is 18.0 Å². The molecule has 1 fully saturated rings. The average Bonchev–Trinajstić information content (AvgIpc) is 3.17. The molecule has 0 saturated heterocycles. The van der Waals surface area contributed by atoms with Gasteiger partial charge in [0.15, 0.2) is 12.4 Å². The molecule has 0 atom stereocenters. The molecule has 0 unspecified atom stereocenters. The van der Waals surface area contributed by atoms with Crippen LogP contribution in [0.15, 0.2) is 34.9 Å². The molecule has 110 valence electrons. The molecule has 0 aliphatic heterocycles. The van der Waals surface area contributed by atoms with Crippen LogP contribution >= 0.6 is 0 Å². The second-order valence-electron chi connectivity index (χ2n) is 5.27. The van der Waals surface area contributed by atoms with Crippen LogP contribution in [0.5, 0.6) is 0 Å². The van der Waals surface area contributed by atoms with Crippen LogP contribution in [-0.2, 0) is 16.1 Å². The lowest BCUT2D eigenvalue weighted by molar-refractivity contribution is -0.150. The number of benzene rings is 1. The number of carbonyl (C=O) groups is 1. The molecule has 1 aliphatic carbocycles. The van der Waals surface area contributed by atoms with Crippen LogP contribution in [0.4, 0.5) is 4.39 Å². The molecule has 0 N–H and O–H groups in total. The Labute approximate surface area is 121 Å². The van der Waals surface area contributed by atoms with Crippen molar-refractivity contribution in [3.05, 3.63) is 41.9 Å². The van der Waals surface area contributed by atoms with Crippen LogP contribution < -0.4 is 0 Å². The number of aromatic nitrogens is 1. The van der Waals surface area contributed by atoms with Crippen LogP contribution in [0.2, 0.25) is 0 Å². The van der Waals surface area contributed by atoms with Crippen molar-refractivity contribution in [2.45, 2.75) is 32.3 Å². The smallest absolute Gasteiger partial charge is 0.309 e. The van der Waals surface area contributed by atoms with E-state index in [2.05, 4.69) is 5.16 Å². The fraction of sp³-hybridized carbons (Fsp3) is 0.375. The van der Waals surface area contributed by atoms with Crippen molar-refractivity contribution in [2.75, 3.05) is 0 Å². The Balaban J connectivity index is 1.60. The van der Waals surface area contributed by atoms with Gasteiger partial charge in [0.05, 0.1) is 5.92 Å². The summed E-state index contributed by atoms with van der Waals surface area (Å²) < 4.78 is 23.3. The van der Waals surface area contributed by atoms with Crippen molar-refractivity contribution in [2.24, 2.45) is 5.92 Å². The molecule has 0 amide bonds. The molecule has 3 rings (SSSR count). The first-order valence-corrected chi connectivity index (χ1v) is 7.10. The van der Waals surface area contributed by atoms with E-state index in [9.17, 15) is 9.18 Å². The summed E-state index contributed by atoms with van der Waals surface area (Å²) in [6.07, 6.45) is 4.01. The summed E-state index contributed by atoms with van der Waals surface area (Å²) in [4.78, 5) is 11.8. The Morgan fingerprint density at radius 2 is 2.00 bits per heavy atom. The third-order valence-electron chi connectivity index (χ3n) is 3.74. The van der Waals surface area contributed by atoms with Gasteiger partial charge in [-0.15, -0.1) is 0 Å². The van der Waals surface area contributed by atoms with Gasteiger partial charge in [0, 0.05) is 11.6 Å². The Hall–Kier alpha value is -2.17. The summed E-state index contributed by atoms with van der Waals surface area (Å²) in [7, 11) is 0. The predicted octanol–water partition coefficient (Wildman–Crippen LogP) is 3.71. The highest BCUT2D eigenvalue weighted by atomic mass is 19.1. The molecule has 1 aromatic carbocycles. The van der Waals surface area contributed by atoms with Gasteiger partial charge in [0.2, 0.25) is 0 Å². The lowest BCUT2D eigenvalue weighted by Crippen LogP contribution is -2.14. The first kappa shape index (κ1) is 13.8. The zero-order chi connectivity index (χ0) is 14.7. The molecule has 0 spiro atoms. The molecule has 0 bridgehead atoms. The summed E-state index contributed by atoms with van der Waals surface area (Å²) in [6.45, 7) is 0.0868. The van der Waals surface area contributed by atoms with Crippen LogP contribution in [0, 0.1) is 11.7 Å². The highest BCUT2D eigenvalue weighted by Gasteiger charge is 2.24. The number of hydrogen-bond acceptors (Lipinski definition) is 4. The number of hydrogen-bond donors (Lipinski definition) is 0. The minimum absolute atomic E-state index is 0.0319. The molecule has 0 radical (unpaired) electrons. The Morgan fingerprint density at radius 3 is 2.71 bits per heavy atom. The quantitative estimate of drug-likeness (QED) is 0.805. The minimum atomic E-state index is -0.298. The van der Waals surface area contributed by atoms with E-state index in [1.54, 1.807) is 18.2 Å². The summed E-state index contributed by atoms with van der Waals surface area (Å²) >= 11 is 0. The third kappa shape index (κ3) is 3.29. The second-order valence-corrected chi connectivity index (χ2v) is 5.27. The van der Waals surface area contributed by atoms with Crippen molar-refractivity contribution in [3.8, 4) is 11.3 Å². The molecule has 1 saturated carbocycles. The SMILES string of the molecule is O=C(OCc1cc(-c2ccc(F)cc2)no1)C1CCCC1. The van der Waals surface area contributed by atoms with Crippen LogP contribution in [-0.4, -0.2) is 11.1 Å². The van der Waals surface area contributed by atoms with Gasteiger partial charge in [-0.2, -0.15) is 0 Å². The third-order valence-corrected chi connectivity index (χ3v) is 3.74. The number of nitrogens with zero attached hydrogens (tertiary/aromatic N) is 1. The van der Waals surface area contributed by atoms with E-state index in [1.807, 2.05) is 0 Å². The van der Waals surface area contributed by atoms with Gasteiger partial charge >= 0.3 is 5.97 Å². The van der Waals surface area contributed by atoms with Crippen LogP contribution in [0.1, 0.15) is 31.4 Å². The van der Waals surface area contributed by atoms with Crippen molar-refractivity contribution >= 4 is 5.97 Å². The van der Waals surface area contributed by atoms with E-state index in [1.165, 1.54) is 12.1 Å². The number of carbonyl (C=O) groups excluding carboxylic acids is 1. The van der Waals surface area contributed by atoms with E-state index >= 15 is 0 Å². The molecule has 1 aliphatic rings. The molecule has 1 aromatic heterocycles.